The van der Waals surface area contributed by atoms with E-state index >= 15 is 0 Å². The van der Waals surface area contributed by atoms with E-state index in [9.17, 15) is 4.39 Å². The van der Waals surface area contributed by atoms with Gasteiger partial charge in [0.25, 0.3) is 0 Å². The molecule has 0 saturated carbocycles. The molecule has 0 amide bonds. The average Bonchev–Trinajstić information content (AvgIpc) is 2.29. The van der Waals surface area contributed by atoms with Gasteiger partial charge in [-0.1, -0.05) is 29.8 Å². The van der Waals surface area contributed by atoms with Gasteiger partial charge in [0.05, 0.1) is 0 Å². The van der Waals surface area contributed by atoms with Crippen molar-refractivity contribution in [2.45, 2.75) is 32.9 Å². The van der Waals surface area contributed by atoms with Crippen LogP contribution < -0.4 is 11.1 Å². The summed E-state index contributed by atoms with van der Waals surface area (Å²) in [6, 6.07) is 4.96. The molecule has 17 heavy (non-hydrogen) atoms. The summed E-state index contributed by atoms with van der Waals surface area (Å²) in [7, 11) is 0. The summed E-state index contributed by atoms with van der Waals surface area (Å²) in [4.78, 5) is 0. The van der Waals surface area contributed by atoms with Crippen LogP contribution >= 0.6 is 15.9 Å². The Hall–Kier alpha value is -0.450. The lowest BCUT2D eigenvalue weighted by molar-refractivity contribution is 0.266. The van der Waals surface area contributed by atoms with E-state index in [4.69, 9.17) is 5.73 Å². The van der Waals surface area contributed by atoms with Gasteiger partial charge < -0.3 is 11.1 Å². The van der Waals surface area contributed by atoms with E-state index in [0.29, 0.717) is 24.6 Å². The fourth-order valence-corrected chi connectivity index (χ4v) is 1.90. The summed E-state index contributed by atoms with van der Waals surface area (Å²) in [5.74, 6) is 0.201. The van der Waals surface area contributed by atoms with Gasteiger partial charge in [-0.3, -0.25) is 0 Å². The fraction of sp³-hybridized carbons (Fsp3) is 0.538. The second-order valence-electron chi connectivity index (χ2n) is 4.87. The number of nitrogens with one attached hydrogen (secondary N) is 1. The molecule has 1 aromatic rings. The van der Waals surface area contributed by atoms with Crippen molar-refractivity contribution >= 4 is 15.9 Å². The highest BCUT2D eigenvalue weighted by Crippen LogP contribution is 2.19. The molecule has 0 bridgehead atoms. The second kappa shape index (κ2) is 5.94. The van der Waals surface area contributed by atoms with E-state index < -0.39 is 0 Å². The van der Waals surface area contributed by atoms with Gasteiger partial charge in [0.15, 0.2) is 0 Å². The summed E-state index contributed by atoms with van der Waals surface area (Å²) < 4.78 is 14.4. The Morgan fingerprint density at radius 1 is 1.47 bits per heavy atom. The predicted octanol–water partition coefficient (Wildman–Crippen LogP) is 3.05. The predicted molar refractivity (Wildman–Crippen MR) is 73.2 cm³/mol. The zero-order valence-corrected chi connectivity index (χ0v) is 12.1. The van der Waals surface area contributed by atoms with Crippen LogP contribution in [-0.4, -0.2) is 12.1 Å². The Balaban J connectivity index is 2.75. The molecule has 96 valence electrons. The lowest BCUT2D eigenvalue weighted by atomic mass is 9.88. The van der Waals surface area contributed by atoms with E-state index in [0.717, 1.165) is 4.47 Å². The van der Waals surface area contributed by atoms with Crippen molar-refractivity contribution in [1.82, 2.24) is 5.32 Å². The SMILES string of the molecule is CC(C)C(C)(CN)NCc1cc(Br)ccc1F. The van der Waals surface area contributed by atoms with Gasteiger partial charge in [0, 0.05) is 28.7 Å². The highest BCUT2D eigenvalue weighted by molar-refractivity contribution is 9.10. The van der Waals surface area contributed by atoms with Crippen LogP contribution in [0.25, 0.3) is 0 Å². The van der Waals surface area contributed by atoms with Crippen LogP contribution in [0.1, 0.15) is 26.3 Å². The zero-order chi connectivity index (χ0) is 13.1. The van der Waals surface area contributed by atoms with Crippen molar-refractivity contribution < 1.29 is 4.39 Å². The molecule has 0 aromatic heterocycles. The Bertz CT molecular complexity index is 382. The molecule has 0 radical (unpaired) electrons. The molecule has 0 aliphatic rings. The lowest BCUT2D eigenvalue weighted by Gasteiger charge is -2.34. The van der Waals surface area contributed by atoms with Crippen LogP contribution in [0.4, 0.5) is 4.39 Å². The molecule has 1 aromatic carbocycles. The van der Waals surface area contributed by atoms with E-state index in [1.165, 1.54) is 6.07 Å². The van der Waals surface area contributed by atoms with E-state index in [1.54, 1.807) is 12.1 Å². The van der Waals surface area contributed by atoms with Gasteiger partial charge in [-0.25, -0.2) is 4.39 Å². The number of nitrogens with two attached hydrogens (primary N) is 1. The number of hydrogen-bond donors (Lipinski definition) is 2. The lowest BCUT2D eigenvalue weighted by Crippen LogP contribution is -2.52. The Morgan fingerprint density at radius 3 is 2.65 bits per heavy atom. The summed E-state index contributed by atoms with van der Waals surface area (Å²) in [5, 5.41) is 3.34. The minimum Gasteiger partial charge on any atom is -0.329 e. The maximum absolute atomic E-state index is 13.6. The fourth-order valence-electron chi connectivity index (χ4n) is 1.49. The van der Waals surface area contributed by atoms with Crippen LogP contribution in [0.15, 0.2) is 22.7 Å². The molecule has 0 heterocycles. The third kappa shape index (κ3) is 3.76. The van der Waals surface area contributed by atoms with Gasteiger partial charge >= 0.3 is 0 Å². The van der Waals surface area contributed by atoms with Crippen LogP contribution in [0.5, 0.6) is 0 Å². The maximum atomic E-state index is 13.6. The Morgan fingerprint density at radius 2 is 2.12 bits per heavy atom. The minimum absolute atomic E-state index is 0.172. The molecule has 0 aliphatic carbocycles. The summed E-state index contributed by atoms with van der Waals surface area (Å²) in [6.07, 6.45) is 0. The molecule has 0 saturated heterocycles. The van der Waals surface area contributed by atoms with Gasteiger partial charge in [-0.05, 0) is 31.0 Å². The van der Waals surface area contributed by atoms with Gasteiger partial charge in [0.1, 0.15) is 5.82 Å². The molecule has 1 atom stereocenters. The van der Waals surface area contributed by atoms with Crippen molar-refractivity contribution in [3.63, 3.8) is 0 Å². The molecule has 2 nitrogen and oxygen atoms in total. The first-order valence-electron chi connectivity index (χ1n) is 5.78. The van der Waals surface area contributed by atoms with Gasteiger partial charge in [-0.2, -0.15) is 0 Å². The Kier molecular flexibility index (Phi) is 5.10. The maximum Gasteiger partial charge on any atom is 0.127 e. The molecule has 3 N–H and O–H groups in total. The second-order valence-corrected chi connectivity index (χ2v) is 5.78. The monoisotopic (exact) mass is 302 g/mol. The molecular formula is C13H20BrFN2. The molecule has 4 heteroatoms. The quantitative estimate of drug-likeness (QED) is 0.877. The number of benzene rings is 1. The zero-order valence-electron chi connectivity index (χ0n) is 10.6. The standard InChI is InChI=1S/C13H20BrFN2/c1-9(2)13(3,8-16)17-7-10-6-11(14)4-5-12(10)15/h4-6,9,17H,7-8,16H2,1-3H3. The number of hydrogen-bond acceptors (Lipinski definition) is 2. The first-order valence-corrected chi connectivity index (χ1v) is 6.57. The molecule has 0 fully saturated rings. The highest BCUT2D eigenvalue weighted by atomic mass is 79.9. The number of halogens is 2. The molecule has 0 aliphatic heterocycles. The topological polar surface area (TPSA) is 38.0 Å². The summed E-state index contributed by atoms with van der Waals surface area (Å²) in [6.45, 7) is 7.29. The van der Waals surface area contributed by atoms with Crippen LogP contribution in [-0.2, 0) is 6.54 Å². The highest BCUT2D eigenvalue weighted by Gasteiger charge is 2.25. The average molecular weight is 303 g/mol. The van der Waals surface area contributed by atoms with Crippen molar-refractivity contribution in [3.8, 4) is 0 Å². The van der Waals surface area contributed by atoms with Gasteiger partial charge in [0.2, 0.25) is 0 Å². The van der Waals surface area contributed by atoms with E-state index in [-0.39, 0.29) is 11.4 Å². The largest absolute Gasteiger partial charge is 0.329 e. The van der Waals surface area contributed by atoms with E-state index in [1.807, 2.05) is 0 Å². The first kappa shape index (κ1) is 14.6. The normalized spacial score (nSPS) is 15.0. The molecule has 1 rings (SSSR count). The smallest absolute Gasteiger partial charge is 0.127 e. The molecular weight excluding hydrogens is 283 g/mol. The van der Waals surface area contributed by atoms with Crippen molar-refractivity contribution in [2.24, 2.45) is 11.7 Å². The van der Waals surface area contributed by atoms with Crippen LogP contribution in [0, 0.1) is 11.7 Å². The van der Waals surface area contributed by atoms with Crippen molar-refractivity contribution in [3.05, 3.63) is 34.1 Å². The minimum atomic E-state index is -0.191. The third-order valence-corrected chi connectivity index (χ3v) is 3.88. The Labute approximate surface area is 111 Å². The molecule has 0 spiro atoms. The van der Waals surface area contributed by atoms with Crippen molar-refractivity contribution in [1.29, 1.82) is 0 Å². The molecule has 1 unspecified atom stereocenters. The third-order valence-electron chi connectivity index (χ3n) is 3.39. The summed E-state index contributed by atoms with van der Waals surface area (Å²) >= 11 is 3.34. The number of rotatable bonds is 5. The summed E-state index contributed by atoms with van der Waals surface area (Å²) in [5.41, 5.74) is 6.26. The van der Waals surface area contributed by atoms with Gasteiger partial charge in [-0.15, -0.1) is 0 Å². The first-order chi connectivity index (χ1) is 7.89. The van der Waals surface area contributed by atoms with Crippen LogP contribution in [0.2, 0.25) is 0 Å². The van der Waals surface area contributed by atoms with E-state index in [2.05, 4.69) is 42.0 Å². The van der Waals surface area contributed by atoms with Crippen molar-refractivity contribution in [2.75, 3.05) is 6.54 Å². The van der Waals surface area contributed by atoms with Crippen LogP contribution in [0.3, 0.4) is 0 Å².